The van der Waals surface area contributed by atoms with Crippen molar-refractivity contribution in [2.24, 2.45) is 5.92 Å². The summed E-state index contributed by atoms with van der Waals surface area (Å²) in [7, 11) is 0. The molecule has 5 nitrogen and oxygen atoms in total. The highest BCUT2D eigenvalue weighted by Gasteiger charge is 2.26. The van der Waals surface area contributed by atoms with Crippen LogP contribution in [0.15, 0.2) is 59.0 Å². The van der Waals surface area contributed by atoms with Gasteiger partial charge in [0.2, 0.25) is 11.8 Å². The van der Waals surface area contributed by atoms with Gasteiger partial charge in [0.1, 0.15) is 5.76 Å². The Morgan fingerprint density at radius 2 is 1.85 bits per heavy atom. The van der Waals surface area contributed by atoms with Gasteiger partial charge < -0.3 is 9.73 Å². The van der Waals surface area contributed by atoms with E-state index in [1.54, 1.807) is 0 Å². The van der Waals surface area contributed by atoms with Crippen molar-refractivity contribution in [1.29, 1.82) is 0 Å². The average molecular weight is 466 g/mol. The van der Waals surface area contributed by atoms with Crippen LogP contribution in [0.5, 0.6) is 0 Å². The van der Waals surface area contributed by atoms with Crippen LogP contribution >= 0.6 is 11.6 Å². The molecule has 174 valence electrons. The second kappa shape index (κ2) is 11.0. The highest BCUT2D eigenvalue weighted by molar-refractivity contribution is 6.30. The van der Waals surface area contributed by atoms with E-state index in [9.17, 15) is 4.79 Å². The number of benzene rings is 2. The summed E-state index contributed by atoms with van der Waals surface area (Å²) >= 11 is 5.98. The zero-order valence-electron chi connectivity index (χ0n) is 19.4. The molecule has 1 fully saturated rings. The Labute approximate surface area is 201 Å². The molecule has 1 saturated heterocycles. The van der Waals surface area contributed by atoms with Crippen molar-refractivity contribution in [3.63, 3.8) is 0 Å². The number of piperidine rings is 1. The number of nitrogens with zero attached hydrogens (tertiary/aromatic N) is 2. The van der Waals surface area contributed by atoms with E-state index in [-0.39, 0.29) is 17.9 Å². The Morgan fingerprint density at radius 3 is 2.55 bits per heavy atom. The molecule has 0 aliphatic carbocycles. The molecule has 6 heteroatoms. The first-order chi connectivity index (χ1) is 16.0. The molecule has 0 saturated carbocycles. The van der Waals surface area contributed by atoms with E-state index in [0.29, 0.717) is 10.9 Å². The number of nitrogens with one attached hydrogen (secondary N) is 1. The zero-order chi connectivity index (χ0) is 23.2. The number of amides is 1. The second-order valence-electron chi connectivity index (χ2n) is 9.01. The first-order valence-electron chi connectivity index (χ1n) is 11.8. The van der Waals surface area contributed by atoms with Crippen LogP contribution in [0.2, 0.25) is 5.02 Å². The minimum atomic E-state index is 0.0865. The molecule has 2 aromatic carbocycles. The van der Waals surface area contributed by atoms with Crippen molar-refractivity contribution in [2.45, 2.75) is 52.1 Å². The van der Waals surface area contributed by atoms with Crippen LogP contribution in [0.3, 0.4) is 0 Å². The SMILES string of the molecule is Cc1oc(-c2ccc(Cl)cc2)nc1CN1CCC(C(=O)N[C@@H](C)CCc2ccccc2)CC1. The lowest BCUT2D eigenvalue weighted by molar-refractivity contribution is -0.127. The van der Waals surface area contributed by atoms with Crippen molar-refractivity contribution >= 4 is 17.5 Å². The van der Waals surface area contributed by atoms with Gasteiger partial charge in [-0.15, -0.1) is 0 Å². The fourth-order valence-corrected chi connectivity index (χ4v) is 4.44. The minimum absolute atomic E-state index is 0.0865. The van der Waals surface area contributed by atoms with Crippen LogP contribution in [0.25, 0.3) is 11.5 Å². The van der Waals surface area contributed by atoms with Gasteiger partial charge in [-0.3, -0.25) is 9.69 Å². The smallest absolute Gasteiger partial charge is 0.226 e. The molecule has 0 spiro atoms. The summed E-state index contributed by atoms with van der Waals surface area (Å²) in [4.78, 5) is 19.8. The maximum absolute atomic E-state index is 12.8. The fraction of sp³-hybridized carbons (Fsp3) is 0.407. The normalized spacial score (nSPS) is 16.0. The first-order valence-corrected chi connectivity index (χ1v) is 12.1. The van der Waals surface area contributed by atoms with Gasteiger partial charge in [-0.2, -0.15) is 0 Å². The zero-order valence-corrected chi connectivity index (χ0v) is 20.1. The summed E-state index contributed by atoms with van der Waals surface area (Å²) in [5.41, 5.74) is 3.19. The topological polar surface area (TPSA) is 58.4 Å². The Kier molecular flexibility index (Phi) is 7.84. The Morgan fingerprint density at radius 1 is 1.15 bits per heavy atom. The number of oxazole rings is 1. The molecule has 0 bridgehead atoms. The molecule has 0 radical (unpaired) electrons. The molecule has 1 N–H and O–H groups in total. The van der Waals surface area contributed by atoms with E-state index in [2.05, 4.69) is 41.4 Å². The standard InChI is InChI=1S/C27H32ClN3O2/c1-19(8-9-21-6-4-3-5-7-21)29-26(32)22-14-16-31(17-15-22)18-25-20(2)33-27(30-25)23-10-12-24(28)13-11-23/h3-7,10-13,19,22H,8-9,14-18H2,1-2H3,(H,29,32)/t19-/m0/s1. The lowest BCUT2D eigenvalue weighted by atomic mass is 9.95. The van der Waals surface area contributed by atoms with Crippen LogP contribution in [0.4, 0.5) is 0 Å². The van der Waals surface area contributed by atoms with Crippen LogP contribution in [0.1, 0.15) is 43.2 Å². The van der Waals surface area contributed by atoms with Gasteiger partial charge in [0.25, 0.3) is 0 Å². The molecule has 33 heavy (non-hydrogen) atoms. The Bertz CT molecular complexity index is 1040. The lowest BCUT2D eigenvalue weighted by Crippen LogP contribution is -2.43. The van der Waals surface area contributed by atoms with Gasteiger partial charge in [0.15, 0.2) is 0 Å². The molecule has 2 heterocycles. The molecule has 1 aromatic heterocycles. The van der Waals surface area contributed by atoms with E-state index in [1.807, 2.05) is 37.3 Å². The summed E-state index contributed by atoms with van der Waals surface area (Å²) in [6, 6.07) is 18.1. The molecule has 4 rings (SSSR count). The molecular formula is C27H32ClN3O2. The predicted octanol–water partition coefficient (Wildman–Crippen LogP) is 5.65. The van der Waals surface area contributed by atoms with Crippen molar-refractivity contribution in [3.05, 3.63) is 76.6 Å². The van der Waals surface area contributed by atoms with Crippen molar-refractivity contribution in [3.8, 4) is 11.5 Å². The Balaban J connectivity index is 1.23. The van der Waals surface area contributed by atoms with Crippen molar-refractivity contribution < 1.29 is 9.21 Å². The van der Waals surface area contributed by atoms with E-state index >= 15 is 0 Å². The van der Waals surface area contributed by atoms with Crippen molar-refractivity contribution in [1.82, 2.24) is 15.2 Å². The van der Waals surface area contributed by atoms with E-state index in [1.165, 1.54) is 5.56 Å². The number of hydrogen-bond acceptors (Lipinski definition) is 4. The summed E-state index contributed by atoms with van der Waals surface area (Å²) < 4.78 is 5.90. The van der Waals surface area contributed by atoms with Gasteiger partial charge in [0, 0.05) is 29.1 Å². The molecule has 1 aliphatic heterocycles. The van der Waals surface area contributed by atoms with Gasteiger partial charge in [-0.25, -0.2) is 4.98 Å². The summed E-state index contributed by atoms with van der Waals surface area (Å²) in [5.74, 6) is 1.74. The molecule has 1 amide bonds. The Hall–Kier alpha value is -2.63. The number of rotatable bonds is 8. The summed E-state index contributed by atoms with van der Waals surface area (Å²) in [6.07, 6.45) is 3.68. The highest BCUT2D eigenvalue weighted by atomic mass is 35.5. The van der Waals surface area contributed by atoms with Crippen LogP contribution < -0.4 is 5.32 Å². The molecule has 3 aromatic rings. The van der Waals surface area contributed by atoms with E-state index < -0.39 is 0 Å². The maximum atomic E-state index is 12.8. The van der Waals surface area contributed by atoms with Gasteiger partial charge in [0.05, 0.1) is 5.69 Å². The number of carbonyl (C=O) groups excluding carboxylic acids is 1. The molecule has 1 atom stereocenters. The monoisotopic (exact) mass is 465 g/mol. The molecule has 0 unspecified atom stereocenters. The highest BCUT2D eigenvalue weighted by Crippen LogP contribution is 2.25. The number of carbonyl (C=O) groups is 1. The molecule has 1 aliphatic rings. The summed E-state index contributed by atoms with van der Waals surface area (Å²) in [5, 5.41) is 3.92. The third-order valence-electron chi connectivity index (χ3n) is 6.41. The third kappa shape index (κ3) is 6.46. The van der Waals surface area contributed by atoms with Gasteiger partial charge in [-0.1, -0.05) is 41.9 Å². The molecular weight excluding hydrogens is 434 g/mol. The largest absolute Gasteiger partial charge is 0.441 e. The van der Waals surface area contributed by atoms with Crippen LogP contribution in [-0.2, 0) is 17.8 Å². The van der Waals surface area contributed by atoms with E-state index in [0.717, 1.165) is 62.3 Å². The average Bonchev–Trinajstić information content (AvgIpc) is 3.19. The number of halogens is 1. The minimum Gasteiger partial charge on any atom is -0.441 e. The summed E-state index contributed by atoms with van der Waals surface area (Å²) in [6.45, 7) is 6.57. The number of aromatic nitrogens is 1. The number of likely N-dealkylation sites (tertiary alicyclic amines) is 1. The predicted molar refractivity (Wildman–Crippen MR) is 132 cm³/mol. The van der Waals surface area contributed by atoms with Crippen LogP contribution in [0, 0.1) is 12.8 Å². The second-order valence-corrected chi connectivity index (χ2v) is 9.45. The lowest BCUT2D eigenvalue weighted by Gasteiger charge is -2.31. The maximum Gasteiger partial charge on any atom is 0.226 e. The van der Waals surface area contributed by atoms with E-state index in [4.69, 9.17) is 21.0 Å². The van der Waals surface area contributed by atoms with Crippen molar-refractivity contribution in [2.75, 3.05) is 13.1 Å². The quantitative estimate of drug-likeness (QED) is 0.466. The number of hydrogen-bond donors (Lipinski definition) is 1. The van der Waals surface area contributed by atoms with Gasteiger partial charge >= 0.3 is 0 Å². The first kappa shape index (κ1) is 23.5. The third-order valence-corrected chi connectivity index (χ3v) is 6.67. The van der Waals surface area contributed by atoms with Crippen LogP contribution in [-0.4, -0.2) is 34.9 Å². The fourth-order valence-electron chi connectivity index (χ4n) is 4.32. The van der Waals surface area contributed by atoms with Gasteiger partial charge in [-0.05, 0) is 82.4 Å². The number of aryl methyl sites for hydroxylation is 2.